The van der Waals surface area contributed by atoms with Crippen molar-refractivity contribution in [2.24, 2.45) is 0 Å². The van der Waals surface area contributed by atoms with E-state index < -0.39 is 16.7 Å². The van der Waals surface area contributed by atoms with Crippen LogP contribution in [0.25, 0.3) is 0 Å². The predicted octanol–water partition coefficient (Wildman–Crippen LogP) is 1.73. The van der Waals surface area contributed by atoms with Crippen LogP contribution in [0.15, 0.2) is 16.9 Å². The summed E-state index contributed by atoms with van der Waals surface area (Å²) in [5, 5.41) is 19.1. The standard InChI is InChI=1S/C10H9BrN2O5/c11-9-4-6(7(5-12-9)13(17)18)2-1-3-8(14)10(15)16/h4-5H,1-3H2,(H,15,16). The molecule has 0 unspecified atom stereocenters. The molecule has 0 atom stereocenters. The lowest BCUT2D eigenvalue weighted by Crippen LogP contribution is -2.12. The number of rotatable bonds is 6. The number of nitro groups is 1. The third-order valence-electron chi connectivity index (χ3n) is 2.22. The summed E-state index contributed by atoms with van der Waals surface area (Å²) in [6, 6.07) is 1.49. The quantitative estimate of drug-likeness (QED) is 0.370. The van der Waals surface area contributed by atoms with Crippen molar-refractivity contribution in [1.29, 1.82) is 0 Å². The van der Waals surface area contributed by atoms with Crippen molar-refractivity contribution in [3.05, 3.63) is 32.5 Å². The Balaban J connectivity index is 2.72. The van der Waals surface area contributed by atoms with E-state index in [2.05, 4.69) is 20.9 Å². The number of aliphatic carboxylic acids is 1. The van der Waals surface area contributed by atoms with Gasteiger partial charge in [-0.2, -0.15) is 0 Å². The highest BCUT2D eigenvalue weighted by molar-refractivity contribution is 9.10. The lowest BCUT2D eigenvalue weighted by Gasteiger charge is -2.02. The number of carbonyl (C=O) groups excluding carboxylic acids is 1. The second-order valence-corrected chi connectivity index (χ2v) is 4.29. The highest BCUT2D eigenvalue weighted by Crippen LogP contribution is 2.22. The first-order chi connectivity index (χ1) is 8.41. The molecule has 0 saturated heterocycles. The minimum atomic E-state index is -1.49. The van der Waals surface area contributed by atoms with Gasteiger partial charge in [0.1, 0.15) is 10.8 Å². The summed E-state index contributed by atoms with van der Waals surface area (Å²) >= 11 is 3.09. The first kappa shape index (κ1) is 14.2. The molecular weight excluding hydrogens is 308 g/mol. The fraction of sp³-hybridized carbons (Fsp3) is 0.300. The maximum Gasteiger partial charge on any atom is 0.372 e. The third-order valence-corrected chi connectivity index (χ3v) is 2.65. The fourth-order valence-electron chi connectivity index (χ4n) is 1.37. The Kier molecular flexibility index (Phi) is 4.90. The number of hydrogen-bond acceptors (Lipinski definition) is 5. The normalized spacial score (nSPS) is 10.1. The molecule has 0 aliphatic heterocycles. The van der Waals surface area contributed by atoms with Crippen molar-refractivity contribution in [2.75, 3.05) is 0 Å². The van der Waals surface area contributed by atoms with E-state index in [0.29, 0.717) is 10.2 Å². The van der Waals surface area contributed by atoms with Gasteiger partial charge in [0.2, 0.25) is 5.78 Å². The summed E-state index contributed by atoms with van der Waals surface area (Å²) < 4.78 is 0.452. The Hall–Kier alpha value is -1.83. The molecule has 0 saturated carbocycles. The molecule has 0 aliphatic carbocycles. The zero-order valence-corrected chi connectivity index (χ0v) is 10.7. The molecule has 7 nitrogen and oxygen atoms in total. The van der Waals surface area contributed by atoms with E-state index in [1.165, 1.54) is 6.07 Å². The zero-order chi connectivity index (χ0) is 13.7. The van der Waals surface area contributed by atoms with Crippen molar-refractivity contribution in [1.82, 2.24) is 4.98 Å². The van der Waals surface area contributed by atoms with E-state index in [1.807, 2.05) is 0 Å². The Bertz CT molecular complexity index is 503. The lowest BCUT2D eigenvalue weighted by molar-refractivity contribution is -0.385. The van der Waals surface area contributed by atoms with Gasteiger partial charge in [0.25, 0.3) is 5.69 Å². The first-order valence-corrected chi connectivity index (χ1v) is 5.76. The van der Waals surface area contributed by atoms with E-state index in [9.17, 15) is 19.7 Å². The zero-order valence-electron chi connectivity index (χ0n) is 9.13. The maximum atomic E-state index is 10.9. The minimum Gasteiger partial charge on any atom is -0.476 e. The van der Waals surface area contributed by atoms with Crippen LogP contribution < -0.4 is 0 Å². The average molecular weight is 317 g/mol. The van der Waals surface area contributed by atoms with E-state index in [1.54, 1.807) is 0 Å². The van der Waals surface area contributed by atoms with Crippen LogP contribution in [0.5, 0.6) is 0 Å². The monoisotopic (exact) mass is 316 g/mol. The number of pyridine rings is 1. The number of nitrogens with zero attached hydrogens (tertiary/aromatic N) is 2. The Morgan fingerprint density at radius 2 is 2.17 bits per heavy atom. The molecule has 0 radical (unpaired) electrons. The molecule has 1 rings (SSSR count). The molecule has 18 heavy (non-hydrogen) atoms. The number of carboxylic acid groups (broad SMARTS) is 1. The average Bonchev–Trinajstić information content (AvgIpc) is 2.28. The van der Waals surface area contributed by atoms with Gasteiger partial charge in [-0.1, -0.05) is 0 Å². The molecule has 1 aromatic heterocycles. The minimum absolute atomic E-state index is 0.138. The molecule has 0 fully saturated rings. The van der Waals surface area contributed by atoms with Gasteiger partial charge in [0, 0.05) is 12.0 Å². The topological polar surface area (TPSA) is 110 Å². The van der Waals surface area contributed by atoms with Crippen LogP contribution in [-0.4, -0.2) is 26.8 Å². The number of halogens is 1. The number of hydrogen-bond donors (Lipinski definition) is 1. The van der Waals surface area contributed by atoms with Crippen LogP contribution in [-0.2, 0) is 16.0 Å². The van der Waals surface area contributed by atoms with Crippen LogP contribution in [0.3, 0.4) is 0 Å². The number of Topliss-reactive ketones (excluding diaryl/α,β-unsaturated/α-hetero) is 1. The number of aryl methyl sites for hydroxylation is 1. The van der Waals surface area contributed by atoms with Crippen molar-refractivity contribution in [3.8, 4) is 0 Å². The molecule has 0 aromatic carbocycles. The number of carboxylic acids is 1. The van der Waals surface area contributed by atoms with Gasteiger partial charge < -0.3 is 5.11 Å². The highest BCUT2D eigenvalue weighted by atomic mass is 79.9. The van der Waals surface area contributed by atoms with Crippen LogP contribution in [0, 0.1) is 10.1 Å². The van der Waals surface area contributed by atoms with E-state index in [-0.39, 0.29) is 24.9 Å². The summed E-state index contributed by atoms with van der Waals surface area (Å²) in [6.45, 7) is 0. The number of aromatic nitrogens is 1. The van der Waals surface area contributed by atoms with Crippen molar-refractivity contribution in [2.45, 2.75) is 19.3 Å². The molecule has 8 heteroatoms. The van der Waals surface area contributed by atoms with Gasteiger partial charge in [0.05, 0.1) is 4.92 Å². The summed E-state index contributed by atoms with van der Waals surface area (Å²) in [7, 11) is 0. The molecular formula is C10H9BrN2O5. The van der Waals surface area contributed by atoms with Crippen LogP contribution in [0.4, 0.5) is 5.69 Å². The molecule has 0 amide bonds. The summed E-state index contributed by atoms with van der Waals surface area (Å²) in [4.78, 5) is 35.1. The van der Waals surface area contributed by atoms with Crippen molar-refractivity contribution in [3.63, 3.8) is 0 Å². The van der Waals surface area contributed by atoms with E-state index >= 15 is 0 Å². The van der Waals surface area contributed by atoms with Gasteiger partial charge in [-0.15, -0.1) is 0 Å². The van der Waals surface area contributed by atoms with Crippen LogP contribution in [0.1, 0.15) is 18.4 Å². The van der Waals surface area contributed by atoms with Crippen molar-refractivity contribution < 1.29 is 19.6 Å². The SMILES string of the molecule is O=C(O)C(=O)CCCc1cc(Br)ncc1[N+](=O)[O-]. The molecule has 1 aromatic rings. The Morgan fingerprint density at radius 1 is 1.50 bits per heavy atom. The fourth-order valence-corrected chi connectivity index (χ4v) is 1.75. The molecule has 0 spiro atoms. The molecule has 0 aliphatic rings. The number of carbonyl (C=O) groups is 2. The second-order valence-electron chi connectivity index (χ2n) is 3.47. The van der Waals surface area contributed by atoms with Crippen molar-refractivity contribution >= 4 is 33.4 Å². The molecule has 1 heterocycles. The molecule has 96 valence electrons. The van der Waals surface area contributed by atoms with E-state index in [4.69, 9.17) is 5.11 Å². The van der Waals surface area contributed by atoms with E-state index in [0.717, 1.165) is 6.20 Å². The van der Waals surface area contributed by atoms with Gasteiger partial charge in [0.15, 0.2) is 0 Å². The molecule has 0 bridgehead atoms. The maximum absolute atomic E-state index is 10.9. The molecule has 1 N–H and O–H groups in total. The van der Waals surface area contributed by atoms with Crippen LogP contribution >= 0.6 is 15.9 Å². The van der Waals surface area contributed by atoms with Gasteiger partial charge >= 0.3 is 5.97 Å². The Labute approximate surface area is 110 Å². The predicted molar refractivity (Wildman–Crippen MR) is 64.2 cm³/mol. The highest BCUT2D eigenvalue weighted by Gasteiger charge is 2.16. The van der Waals surface area contributed by atoms with Crippen LogP contribution in [0.2, 0.25) is 0 Å². The van der Waals surface area contributed by atoms with Gasteiger partial charge in [-0.05, 0) is 34.8 Å². The summed E-state index contributed by atoms with van der Waals surface area (Å²) in [5.41, 5.74) is 0.279. The largest absolute Gasteiger partial charge is 0.476 e. The Morgan fingerprint density at radius 3 is 2.72 bits per heavy atom. The lowest BCUT2D eigenvalue weighted by atomic mass is 10.1. The summed E-state index contributed by atoms with van der Waals surface area (Å²) in [6.07, 6.45) is 1.46. The third kappa shape index (κ3) is 3.88. The number of ketones is 1. The van der Waals surface area contributed by atoms with Gasteiger partial charge in [-0.25, -0.2) is 9.78 Å². The smallest absolute Gasteiger partial charge is 0.372 e. The first-order valence-electron chi connectivity index (χ1n) is 4.96. The second kappa shape index (κ2) is 6.20. The van der Waals surface area contributed by atoms with Gasteiger partial charge in [-0.3, -0.25) is 14.9 Å². The summed E-state index contributed by atoms with van der Waals surface area (Å²) in [5.74, 6) is -2.38.